The summed E-state index contributed by atoms with van der Waals surface area (Å²) in [5, 5.41) is 0. The summed E-state index contributed by atoms with van der Waals surface area (Å²) in [6.45, 7) is 6.54. The van der Waals surface area contributed by atoms with Crippen LogP contribution in [0, 0.1) is 0 Å². The maximum atomic E-state index is 5.23. The Kier molecular flexibility index (Phi) is 1.29. The fraction of sp³-hybridized carbons (Fsp3) is 1.00. The van der Waals surface area contributed by atoms with Crippen molar-refractivity contribution in [1.82, 2.24) is 0 Å². The molecule has 0 saturated carbocycles. The van der Waals surface area contributed by atoms with Crippen LogP contribution in [0.5, 0.6) is 0 Å². The van der Waals surface area contributed by atoms with Crippen LogP contribution in [0.1, 0.15) is 20.8 Å². The molecule has 0 bridgehead atoms. The average molecular weight is 116 g/mol. The lowest BCUT2D eigenvalue weighted by Crippen LogP contribution is -2.29. The van der Waals surface area contributed by atoms with Gasteiger partial charge in [-0.05, 0) is 20.8 Å². The highest BCUT2D eigenvalue weighted by Crippen LogP contribution is 2.23. The maximum absolute atomic E-state index is 5.23. The van der Waals surface area contributed by atoms with Crippen LogP contribution in [0.2, 0.25) is 0 Å². The third-order valence-electron chi connectivity index (χ3n) is 1.73. The van der Waals surface area contributed by atoms with E-state index in [1.807, 2.05) is 20.8 Å². The molecule has 48 valence electrons. The molecule has 8 heavy (non-hydrogen) atoms. The molecule has 1 aliphatic rings. The van der Waals surface area contributed by atoms with E-state index in [-0.39, 0.29) is 11.7 Å². The van der Waals surface area contributed by atoms with Gasteiger partial charge in [-0.1, -0.05) is 0 Å². The average Bonchev–Trinajstić information content (AvgIpc) is 1.86. The molecule has 1 fully saturated rings. The zero-order chi connectivity index (χ0) is 6.20. The van der Waals surface area contributed by atoms with Gasteiger partial charge in [-0.2, -0.15) is 0 Å². The molecule has 1 rings (SSSR count). The molecule has 0 unspecified atom stereocenters. The van der Waals surface area contributed by atoms with Crippen molar-refractivity contribution >= 4 is 0 Å². The quantitative estimate of drug-likeness (QED) is 0.472. The van der Waals surface area contributed by atoms with Crippen molar-refractivity contribution in [3.63, 3.8) is 0 Å². The van der Waals surface area contributed by atoms with Gasteiger partial charge in [0.05, 0.1) is 11.7 Å². The van der Waals surface area contributed by atoms with Crippen LogP contribution in [0.4, 0.5) is 0 Å². The van der Waals surface area contributed by atoms with E-state index < -0.39 is 0 Å². The SMILES string of the molecule is C[C@H]1OCOC1(C)C. The first kappa shape index (κ1) is 6.05. The summed E-state index contributed by atoms with van der Waals surface area (Å²) in [5.74, 6) is 0. The lowest BCUT2D eigenvalue weighted by atomic mass is 10.0. The predicted octanol–water partition coefficient (Wildman–Crippen LogP) is 1.16. The van der Waals surface area contributed by atoms with Gasteiger partial charge in [0.15, 0.2) is 0 Å². The molecule has 1 aliphatic heterocycles. The molecule has 2 heteroatoms. The summed E-state index contributed by atoms with van der Waals surface area (Å²) in [7, 11) is 0. The number of ether oxygens (including phenoxy) is 2. The lowest BCUT2D eigenvalue weighted by Gasteiger charge is -2.18. The van der Waals surface area contributed by atoms with Crippen LogP contribution in [0.15, 0.2) is 0 Å². The minimum Gasteiger partial charge on any atom is -0.349 e. The zero-order valence-corrected chi connectivity index (χ0v) is 5.60. The van der Waals surface area contributed by atoms with Crippen molar-refractivity contribution in [2.75, 3.05) is 6.79 Å². The standard InChI is InChI=1S/C6H12O2/c1-5-6(2,3)8-4-7-5/h5H,4H2,1-3H3/t5-/m1/s1. The summed E-state index contributed by atoms with van der Waals surface area (Å²) >= 11 is 0. The molecule has 0 radical (unpaired) electrons. The van der Waals surface area contributed by atoms with E-state index in [2.05, 4.69) is 0 Å². The Bertz CT molecular complexity index is 88.5. The van der Waals surface area contributed by atoms with Gasteiger partial charge >= 0.3 is 0 Å². The van der Waals surface area contributed by atoms with Gasteiger partial charge in [0.2, 0.25) is 0 Å². The fourth-order valence-electron chi connectivity index (χ4n) is 0.606. The van der Waals surface area contributed by atoms with Gasteiger partial charge in [-0.25, -0.2) is 0 Å². The van der Waals surface area contributed by atoms with Crippen molar-refractivity contribution in [2.24, 2.45) is 0 Å². The van der Waals surface area contributed by atoms with Gasteiger partial charge in [0.1, 0.15) is 6.79 Å². The molecular formula is C6H12O2. The minimum absolute atomic E-state index is 0.0694. The Hall–Kier alpha value is -0.0800. The van der Waals surface area contributed by atoms with E-state index in [4.69, 9.17) is 9.47 Å². The topological polar surface area (TPSA) is 18.5 Å². The summed E-state index contributed by atoms with van der Waals surface area (Å²) in [4.78, 5) is 0. The molecule has 0 aromatic carbocycles. The zero-order valence-electron chi connectivity index (χ0n) is 5.60. The van der Waals surface area contributed by atoms with Crippen LogP contribution in [0.3, 0.4) is 0 Å². The first-order valence-electron chi connectivity index (χ1n) is 2.88. The van der Waals surface area contributed by atoms with Crippen molar-refractivity contribution in [2.45, 2.75) is 32.5 Å². The highest BCUT2D eigenvalue weighted by atomic mass is 16.7. The normalized spacial score (nSPS) is 35.6. The highest BCUT2D eigenvalue weighted by molar-refractivity contribution is 4.78. The molecule has 1 atom stereocenters. The molecule has 0 spiro atoms. The van der Waals surface area contributed by atoms with E-state index in [0.29, 0.717) is 6.79 Å². The van der Waals surface area contributed by atoms with E-state index in [1.165, 1.54) is 0 Å². The second-order valence-corrected chi connectivity index (χ2v) is 2.67. The summed E-state index contributed by atoms with van der Waals surface area (Å²) < 4.78 is 10.4. The van der Waals surface area contributed by atoms with Gasteiger partial charge in [-0.3, -0.25) is 0 Å². The second-order valence-electron chi connectivity index (χ2n) is 2.67. The van der Waals surface area contributed by atoms with E-state index in [0.717, 1.165) is 0 Å². The van der Waals surface area contributed by atoms with Crippen LogP contribution in [-0.2, 0) is 9.47 Å². The molecular weight excluding hydrogens is 104 g/mol. The fourth-order valence-corrected chi connectivity index (χ4v) is 0.606. The van der Waals surface area contributed by atoms with Crippen molar-refractivity contribution in [3.8, 4) is 0 Å². The summed E-state index contributed by atoms with van der Waals surface area (Å²) in [6.07, 6.45) is 0.238. The van der Waals surface area contributed by atoms with Crippen LogP contribution in [-0.4, -0.2) is 18.5 Å². The van der Waals surface area contributed by atoms with Crippen LogP contribution < -0.4 is 0 Å². The molecule has 0 N–H and O–H groups in total. The highest BCUT2D eigenvalue weighted by Gasteiger charge is 2.32. The monoisotopic (exact) mass is 116 g/mol. The Morgan fingerprint density at radius 3 is 2.25 bits per heavy atom. The Morgan fingerprint density at radius 2 is 2.12 bits per heavy atom. The first-order valence-corrected chi connectivity index (χ1v) is 2.88. The Morgan fingerprint density at radius 1 is 1.50 bits per heavy atom. The van der Waals surface area contributed by atoms with Gasteiger partial charge in [0.25, 0.3) is 0 Å². The van der Waals surface area contributed by atoms with Crippen molar-refractivity contribution in [1.29, 1.82) is 0 Å². The minimum atomic E-state index is -0.0694. The van der Waals surface area contributed by atoms with Crippen molar-refractivity contribution < 1.29 is 9.47 Å². The largest absolute Gasteiger partial charge is 0.349 e. The van der Waals surface area contributed by atoms with E-state index in [9.17, 15) is 0 Å². The van der Waals surface area contributed by atoms with Gasteiger partial charge < -0.3 is 9.47 Å². The van der Waals surface area contributed by atoms with Crippen molar-refractivity contribution in [3.05, 3.63) is 0 Å². The number of hydrogen-bond donors (Lipinski definition) is 0. The number of rotatable bonds is 0. The second kappa shape index (κ2) is 1.71. The Balaban J connectivity index is 2.54. The lowest BCUT2D eigenvalue weighted by molar-refractivity contribution is 0.0121. The summed E-state index contributed by atoms with van der Waals surface area (Å²) in [6, 6.07) is 0. The number of hydrogen-bond acceptors (Lipinski definition) is 2. The van der Waals surface area contributed by atoms with Crippen LogP contribution >= 0.6 is 0 Å². The maximum Gasteiger partial charge on any atom is 0.148 e. The molecule has 1 saturated heterocycles. The van der Waals surface area contributed by atoms with Gasteiger partial charge in [0, 0.05) is 0 Å². The molecule has 0 aromatic heterocycles. The van der Waals surface area contributed by atoms with Crippen LogP contribution in [0.25, 0.3) is 0 Å². The predicted molar refractivity (Wildman–Crippen MR) is 30.6 cm³/mol. The van der Waals surface area contributed by atoms with Gasteiger partial charge in [-0.15, -0.1) is 0 Å². The first-order chi connectivity index (χ1) is 3.63. The summed E-state index contributed by atoms with van der Waals surface area (Å²) in [5.41, 5.74) is -0.0694. The smallest absolute Gasteiger partial charge is 0.148 e. The molecule has 1 heterocycles. The molecule has 0 aromatic rings. The molecule has 0 aliphatic carbocycles. The van der Waals surface area contributed by atoms with E-state index in [1.54, 1.807) is 0 Å². The molecule has 2 nitrogen and oxygen atoms in total. The van der Waals surface area contributed by atoms with E-state index >= 15 is 0 Å². The third kappa shape index (κ3) is 0.858. The Labute approximate surface area is 49.8 Å². The third-order valence-corrected chi connectivity index (χ3v) is 1.73. The molecule has 0 amide bonds.